The molecule has 0 radical (unpaired) electrons. The molecule has 0 aromatic heterocycles. The van der Waals surface area contributed by atoms with Crippen molar-refractivity contribution in [1.82, 2.24) is 10.2 Å². The zero-order chi connectivity index (χ0) is 18.5. The van der Waals surface area contributed by atoms with Crippen LogP contribution in [0.4, 0.5) is 0 Å². The lowest BCUT2D eigenvalue weighted by atomic mass is 10.0. The molecule has 1 aliphatic heterocycles. The number of nitrogens with zero attached hydrogens (tertiary/aromatic N) is 1. The number of ether oxygens (including phenoxy) is 3. The smallest absolute Gasteiger partial charge is 0.179 e. The molecule has 2 aromatic carbocycles. The molecular weight excluding hydrogens is 387 g/mol. The Hall–Kier alpha value is -1.66. The molecule has 1 saturated heterocycles. The van der Waals surface area contributed by atoms with Crippen LogP contribution < -0.4 is 19.5 Å². The highest BCUT2D eigenvalue weighted by molar-refractivity contribution is 6.33. The van der Waals surface area contributed by atoms with Crippen molar-refractivity contribution in [2.45, 2.75) is 12.6 Å². The van der Waals surface area contributed by atoms with Gasteiger partial charge >= 0.3 is 0 Å². The van der Waals surface area contributed by atoms with E-state index in [-0.39, 0.29) is 18.4 Å². The normalized spacial score (nSPS) is 17.1. The number of rotatable bonds is 6. The van der Waals surface area contributed by atoms with Crippen molar-refractivity contribution in [2.24, 2.45) is 0 Å². The average molecular weight is 413 g/mol. The first-order valence-electron chi connectivity index (χ1n) is 8.66. The molecule has 3 rings (SSSR count). The maximum Gasteiger partial charge on any atom is 0.179 e. The number of methoxy groups -OCH3 is 3. The summed E-state index contributed by atoms with van der Waals surface area (Å²) in [5.41, 5.74) is 2.20. The van der Waals surface area contributed by atoms with E-state index in [1.54, 1.807) is 21.3 Å². The van der Waals surface area contributed by atoms with E-state index in [1.165, 1.54) is 5.56 Å². The Bertz CT molecular complexity index is 758. The molecule has 0 bridgehead atoms. The van der Waals surface area contributed by atoms with Crippen LogP contribution in [0.3, 0.4) is 0 Å². The third kappa shape index (κ3) is 4.61. The molecular formula is C20H26Cl2N2O3. The van der Waals surface area contributed by atoms with Gasteiger partial charge in [-0.15, -0.1) is 12.4 Å². The molecule has 0 amide bonds. The average Bonchev–Trinajstić information content (AvgIpc) is 2.69. The number of para-hydroxylation sites is 1. The van der Waals surface area contributed by atoms with E-state index in [1.807, 2.05) is 30.3 Å². The fourth-order valence-electron chi connectivity index (χ4n) is 3.45. The van der Waals surface area contributed by atoms with E-state index in [0.717, 1.165) is 37.5 Å². The van der Waals surface area contributed by atoms with E-state index in [9.17, 15) is 0 Å². The Morgan fingerprint density at radius 1 is 1.04 bits per heavy atom. The number of hydrogen-bond acceptors (Lipinski definition) is 5. The second-order valence-electron chi connectivity index (χ2n) is 6.21. The lowest BCUT2D eigenvalue weighted by Crippen LogP contribution is -2.45. The van der Waals surface area contributed by atoms with Gasteiger partial charge in [0, 0.05) is 31.7 Å². The molecule has 0 aliphatic carbocycles. The summed E-state index contributed by atoms with van der Waals surface area (Å²) < 4.78 is 16.3. The summed E-state index contributed by atoms with van der Waals surface area (Å²) in [5, 5.41) is 4.08. The Morgan fingerprint density at radius 3 is 2.48 bits per heavy atom. The van der Waals surface area contributed by atoms with E-state index < -0.39 is 0 Å². The first-order chi connectivity index (χ1) is 12.7. The lowest BCUT2D eigenvalue weighted by molar-refractivity contribution is 0.151. The van der Waals surface area contributed by atoms with Crippen molar-refractivity contribution in [3.63, 3.8) is 0 Å². The van der Waals surface area contributed by atoms with Crippen molar-refractivity contribution in [1.29, 1.82) is 0 Å². The minimum atomic E-state index is 0. The van der Waals surface area contributed by atoms with Crippen LogP contribution in [0.5, 0.6) is 17.2 Å². The SMILES string of the molecule is COc1ccccc1C1CNCCN1Cc1ccc(OC)c(OC)c1Cl.Cl. The summed E-state index contributed by atoms with van der Waals surface area (Å²) in [5.74, 6) is 2.13. The van der Waals surface area contributed by atoms with Gasteiger partial charge < -0.3 is 19.5 Å². The number of piperazine rings is 1. The van der Waals surface area contributed by atoms with Crippen LogP contribution in [0.15, 0.2) is 36.4 Å². The standard InChI is InChI=1S/C20H25ClN2O3.ClH/c1-24-17-7-5-4-6-15(17)16-12-22-10-11-23(16)13-14-8-9-18(25-2)20(26-3)19(14)21;/h4-9,16,22H,10-13H2,1-3H3;1H. The van der Waals surface area contributed by atoms with Gasteiger partial charge in [-0.25, -0.2) is 0 Å². The molecule has 1 unspecified atom stereocenters. The molecule has 148 valence electrons. The molecule has 2 aromatic rings. The molecule has 27 heavy (non-hydrogen) atoms. The van der Waals surface area contributed by atoms with Crippen molar-refractivity contribution < 1.29 is 14.2 Å². The highest BCUT2D eigenvalue weighted by Crippen LogP contribution is 2.39. The Labute approximate surface area is 172 Å². The number of benzene rings is 2. The minimum Gasteiger partial charge on any atom is -0.496 e. The maximum absolute atomic E-state index is 6.59. The summed E-state index contributed by atoms with van der Waals surface area (Å²) in [4.78, 5) is 2.42. The Morgan fingerprint density at radius 2 is 1.78 bits per heavy atom. The summed E-state index contributed by atoms with van der Waals surface area (Å²) in [7, 11) is 4.93. The Kier molecular flexibility index (Phi) is 8.05. The van der Waals surface area contributed by atoms with Gasteiger partial charge in [-0.05, 0) is 17.7 Å². The molecule has 1 atom stereocenters. The monoisotopic (exact) mass is 412 g/mol. The molecule has 1 heterocycles. The van der Waals surface area contributed by atoms with Crippen LogP contribution in [0.2, 0.25) is 5.02 Å². The topological polar surface area (TPSA) is 43.0 Å². The summed E-state index contributed by atoms with van der Waals surface area (Å²) >= 11 is 6.59. The number of nitrogens with one attached hydrogen (secondary N) is 1. The quantitative estimate of drug-likeness (QED) is 0.778. The van der Waals surface area contributed by atoms with Gasteiger partial charge in [-0.1, -0.05) is 35.9 Å². The highest BCUT2D eigenvalue weighted by Gasteiger charge is 2.27. The van der Waals surface area contributed by atoms with E-state index >= 15 is 0 Å². The first kappa shape index (κ1) is 21.6. The van der Waals surface area contributed by atoms with E-state index in [4.69, 9.17) is 25.8 Å². The number of halogens is 2. The van der Waals surface area contributed by atoms with Crippen LogP contribution in [-0.2, 0) is 6.54 Å². The van der Waals surface area contributed by atoms with Gasteiger partial charge in [0.15, 0.2) is 11.5 Å². The predicted octanol–water partition coefficient (Wildman–Crippen LogP) is 3.93. The molecule has 7 heteroatoms. The van der Waals surface area contributed by atoms with Crippen LogP contribution >= 0.6 is 24.0 Å². The third-order valence-corrected chi connectivity index (χ3v) is 5.20. The van der Waals surface area contributed by atoms with Crippen molar-refractivity contribution >= 4 is 24.0 Å². The fraction of sp³-hybridized carbons (Fsp3) is 0.400. The minimum absolute atomic E-state index is 0. The molecule has 1 N–H and O–H groups in total. The fourth-order valence-corrected chi connectivity index (χ4v) is 3.75. The largest absolute Gasteiger partial charge is 0.496 e. The van der Waals surface area contributed by atoms with Gasteiger partial charge in [0.2, 0.25) is 0 Å². The molecule has 0 spiro atoms. The zero-order valence-electron chi connectivity index (χ0n) is 15.8. The van der Waals surface area contributed by atoms with Gasteiger partial charge in [0.25, 0.3) is 0 Å². The maximum atomic E-state index is 6.59. The second kappa shape index (κ2) is 10.0. The lowest BCUT2D eigenvalue weighted by Gasteiger charge is -2.37. The van der Waals surface area contributed by atoms with Gasteiger partial charge in [0.1, 0.15) is 5.75 Å². The van der Waals surface area contributed by atoms with Crippen LogP contribution in [-0.4, -0.2) is 45.9 Å². The zero-order valence-corrected chi connectivity index (χ0v) is 17.4. The summed E-state index contributed by atoms with van der Waals surface area (Å²) in [6.45, 7) is 3.46. The van der Waals surface area contributed by atoms with Crippen molar-refractivity contribution in [3.05, 3.63) is 52.5 Å². The highest BCUT2D eigenvalue weighted by atomic mass is 35.5. The predicted molar refractivity (Wildman–Crippen MR) is 111 cm³/mol. The van der Waals surface area contributed by atoms with Crippen LogP contribution in [0.25, 0.3) is 0 Å². The first-order valence-corrected chi connectivity index (χ1v) is 9.04. The summed E-state index contributed by atoms with van der Waals surface area (Å²) in [6.07, 6.45) is 0. The van der Waals surface area contributed by atoms with E-state index in [0.29, 0.717) is 16.5 Å². The van der Waals surface area contributed by atoms with Gasteiger partial charge in [-0.3, -0.25) is 4.90 Å². The van der Waals surface area contributed by atoms with E-state index in [2.05, 4.69) is 16.3 Å². The summed E-state index contributed by atoms with van der Waals surface area (Å²) in [6, 6.07) is 12.3. The van der Waals surface area contributed by atoms with Gasteiger partial charge in [-0.2, -0.15) is 0 Å². The number of hydrogen-bond donors (Lipinski definition) is 1. The van der Waals surface area contributed by atoms with Crippen molar-refractivity contribution in [3.8, 4) is 17.2 Å². The molecule has 1 aliphatic rings. The third-order valence-electron chi connectivity index (χ3n) is 4.79. The Balaban J connectivity index is 0.00000261. The molecule has 1 fully saturated rings. The molecule has 0 saturated carbocycles. The molecule has 5 nitrogen and oxygen atoms in total. The van der Waals surface area contributed by atoms with Gasteiger partial charge in [0.05, 0.1) is 32.4 Å². The van der Waals surface area contributed by atoms with Crippen molar-refractivity contribution in [2.75, 3.05) is 41.0 Å². The second-order valence-corrected chi connectivity index (χ2v) is 6.58. The van der Waals surface area contributed by atoms with Crippen LogP contribution in [0, 0.1) is 0 Å². The van der Waals surface area contributed by atoms with Crippen LogP contribution in [0.1, 0.15) is 17.2 Å².